The highest BCUT2D eigenvalue weighted by Gasteiger charge is 2.26. The van der Waals surface area contributed by atoms with E-state index in [0.29, 0.717) is 27.4 Å². The molecule has 5 nitrogen and oxygen atoms in total. The number of nitrogens with one attached hydrogen (secondary N) is 2. The van der Waals surface area contributed by atoms with E-state index in [4.69, 9.17) is 23.2 Å². The Labute approximate surface area is 137 Å². The topological polar surface area (TPSA) is 70.1 Å². The highest BCUT2D eigenvalue weighted by molar-refractivity contribution is 6.42. The molecule has 1 saturated carbocycles. The second kappa shape index (κ2) is 6.10. The first-order chi connectivity index (χ1) is 10.5. The number of amides is 1. The van der Waals surface area contributed by atoms with E-state index in [-0.39, 0.29) is 5.91 Å². The summed E-state index contributed by atoms with van der Waals surface area (Å²) in [7, 11) is 0. The first-order valence-electron chi connectivity index (χ1n) is 6.90. The normalized spacial score (nSPS) is 15.0. The molecule has 0 bridgehead atoms. The van der Waals surface area contributed by atoms with Crippen molar-refractivity contribution in [1.29, 1.82) is 0 Å². The number of halogens is 2. The molecular formula is C15H14Cl2N4O. The largest absolute Gasteiger partial charge is 0.291 e. The molecule has 1 amide bonds. The molecule has 2 aromatic rings. The summed E-state index contributed by atoms with van der Waals surface area (Å²) in [6, 6.07) is 6.96. The lowest BCUT2D eigenvalue weighted by atomic mass is 10.1. The summed E-state index contributed by atoms with van der Waals surface area (Å²) in [6.07, 6.45) is 2.30. The van der Waals surface area contributed by atoms with E-state index in [9.17, 15) is 4.79 Å². The fraction of sp³-hybridized carbons (Fsp3) is 0.267. The summed E-state index contributed by atoms with van der Waals surface area (Å²) in [6.45, 7) is 1.78. The van der Waals surface area contributed by atoms with E-state index >= 15 is 0 Å². The maximum absolute atomic E-state index is 12.0. The molecule has 22 heavy (non-hydrogen) atoms. The van der Waals surface area contributed by atoms with Gasteiger partial charge in [0, 0.05) is 11.6 Å². The Hall–Kier alpha value is -1.85. The van der Waals surface area contributed by atoms with Crippen molar-refractivity contribution in [3.05, 3.63) is 51.3 Å². The molecule has 2 N–H and O–H groups in total. The number of hydrazone groups is 1. The van der Waals surface area contributed by atoms with Crippen LogP contribution in [0.25, 0.3) is 0 Å². The van der Waals surface area contributed by atoms with Gasteiger partial charge in [-0.1, -0.05) is 29.3 Å². The maximum atomic E-state index is 12.0. The summed E-state index contributed by atoms with van der Waals surface area (Å²) in [5.74, 6) is 0.179. The van der Waals surface area contributed by atoms with E-state index in [2.05, 4.69) is 20.7 Å². The van der Waals surface area contributed by atoms with Gasteiger partial charge in [-0.2, -0.15) is 10.2 Å². The third-order valence-corrected chi connectivity index (χ3v) is 4.25. The molecule has 1 fully saturated rings. The minimum absolute atomic E-state index is 0.340. The SMILES string of the molecule is C/C(=N\NC(=O)c1cc(C2CC2)[nH]n1)c1ccc(Cl)c(Cl)c1. The van der Waals surface area contributed by atoms with E-state index in [1.165, 1.54) is 0 Å². The lowest BCUT2D eigenvalue weighted by Gasteiger charge is -2.03. The zero-order valence-electron chi connectivity index (χ0n) is 11.9. The molecule has 0 atom stereocenters. The average molecular weight is 337 g/mol. The second-order valence-corrected chi connectivity index (χ2v) is 6.06. The van der Waals surface area contributed by atoms with E-state index < -0.39 is 0 Å². The van der Waals surface area contributed by atoms with Crippen LogP contribution in [-0.2, 0) is 0 Å². The molecule has 1 aromatic carbocycles. The van der Waals surface area contributed by atoms with Gasteiger partial charge < -0.3 is 0 Å². The smallest absolute Gasteiger partial charge is 0.281 e. The number of aromatic nitrogens is 2. The summed E-state index contributed by atoms with van der Waals surface area (Å²) in [5.41, 5.74) is 5.26. The van der Waals surface area contributed by atoms with Crippen LogP contribution in [0.4, 0.5) is 0 Å². The molecule has 1 aliphatic rings. The van der Waals surface area contributed by atoms with Crippen LogP contribution in [-0.4, -0.2) is 21.8 Å². The predicted octanol–water partition coefficient (Wildman–Crippen LogP) is 3.75. The van der Waals surface area contributed by atoms with Crippen molar-refractivity contribution in [2.45, 2.75) is 25.7 Å². The third kappa shape index (κ3) is 3.31. The van der Waals surface area contributed by atoms with Gasteiger partial charge in [0.1, 0.15) is 0 Å². The first-order valence-corrected chi connectivity index (χ1v) is 7.65. The number of benzene rings is 1. The average Bonchev–Trinajstić information content (AvgIpc) is 3.24. The Balaban J connectivity index is 1.68. The lowest BCUT2D eigenvalue weighted by molar-refractivity contribution is 0.0950. The van der Waals surface area contributed by atoms with Crippen molar-refractivity contribution >= 4 is 34.8 Å². The molecule has 1 aromatic heterocycles. The van der Waals surface area contributed by atoms with Crippen LogP contribution in [0, 0.1) is 0 Å². The van der Waals surface area contributed by atoms with Crippen molar-refractivity contribution in [3.8, 4) is 0 Å². The van der Waals surface area contributed by atoms with E-state index in [1.54, 1.807) is 31.2 Å². The highest BCUT2D eigenvalue weighted by atomic mass is 35.5. The molecule has 0 saturated heterocycles. The fourth-order valence-electron chi connectivity index (χ4n) is 2.03. The lowest BCUT2D eigenvalue weighted by Crippen LogP contribution is -2.19. The first kappa shape index (κ1) is 15.1. The van der Waals surface area contributed by atoms with Crippen LogP contribution in [0.15, 0.2) is 29.4 Å². The molecule has 0 unspecified atom stereocenters. The van der Waals surface area contributed by atoms with Crippen molar-refractivity contribution < 1.29 is 4.79 Å². The number of hydrogen-bond donors (Lipinski definition) is 2. The minimum atomic E-state index is -0.345. The summed E-state index contributed by atoms with van der Waals surface area (Å²) >= 11 is 11.8. The van der Waals surface area contributed by atoms with Crippen molar-refractivity contribution in [2.75, 3.05) is 0 Å². The molecule has 3 rings (SSSR count). The van der Waals surface area contributed by atoms with Crippen molar-refractivity contribution in [3.63, 3.8) is 0 Å². The number of aromatic amines is 1. The second-order valence-electron chi connectivity index (χ2n) is 5.25. The minimum Gasteiger partial charge on any atom is -0.281 e. The van der Waals surface area contributed by atoms with Gasteiger partial charge in [0.15, 0.2) is 5.69 Å². The number of hydrogen-bond acceptors (Lipinski definition) is 3. The van der Waals surface area contributed by atoms with Crippen LogP contribution >= 0.6 is 23.2 Å². The van der Waals surface area contributed by atoms with Crippen LogP contribution < -0.4 is 5.43 Å². The Morgan fingerprint density at radius 1 is 1.32 bits per heavy atom. The van der Waals surface area contributed by atoms with Gasteiger partial charge in [-0.25, -0.2) is 5.43 Å². The Kier molecular flexibility index (Phi) is 4.18. The predicted molar refractivity (Wildman–Crippen MR) is 86.7 cm³/mol. The third-order valence-electron chi connectivity index (χ3n) is 3.51. The van der Waals surface area contributed by atoms with Crippen LogP contribution in [0.5, 0.6) is 0 Å². The van der Waals surface area contributed by atoms with Gasteiger partial charge >= 0.3 is 0 Å². The molecule has 0 aliphatic heterocycles. The summed E-state index contributed by atoms with van der Waals surface area (Å²) < 4.78 is 0. The van der Waals surface area contributed by atoms with Gasteiger partial charge in [-0.05, 0) is 43.5 Å². The molecular weight excluding hydrogens is 323 g/mol. The van der Waals surface area contributed by atoms with Crippen molar-refractivity contribution in [2.24, 2.45) is 5.10 Å². The molecule has 7 heteroatoms. The Bertz CT molecular complexity index is 750. The van der Waals surface area contributed by atoms with E-state index in [1.807, 2.05) is 0 Å². The zero-order valence-corrected chi connectivity index (χ0v) is 13.4. The number of H-pyrrole nitrogens is 1. The van der Waals surface area contributed by atoms with Gasteiger partial charge in [0.25, 0.3) is 5.91 Å². The van der Waals surface area contributed by atoms with Crippen LogP contribution in [0.3, 0.4) is 0 Å². The van der Waals surface area contributed by atoms with Gasteiger partial charge in [0.05, 0.1) is 15.8 Å². The number of nitrogens with zero attached hydrogens (tertiary/aromatic N) is 2. The number of rotatable bonds is 4. The zero-order chi connectivity index (χ0) is 15.7. The van der Waals surface area contributed by atoms with Gasteiger partial charge in [-0.15, -0.1) is 0 Å². The molecule has 0 spiro atoms. The monoisotopic (exact) mass is 336 g/mol. The van der Waals surface area contributed by atoms with Crippen LogP contribution in [0.2, 0.25) is 10.0 Å². The van der Waals surface area contributed by atoms with Crippen LogP contribution in [0.1, 0.15) is 47.4 Å². The fourth-order valence-corrected chi connectivity index (χ4v) is 2.33. The standard InChI is InChI=1S/C15H14Cl2N4O/c1-8(10-4-5-11(16)12(17)6-10)18-21-15(22)14-7-13(19-20-14)9-2-3-9/h4-7,9H,2-3H2,1H3,(H,19,20)(H,21,22)/b18-8+. The van der Waals surface area contributed by atoms with E-state index in [0.717, 1.165) is 24.1 Å². The van der Waals surface area contributed by atoms with Gasteiger partial charge in [0.2, 0.25) is 0 Å². The maximum Gasteiger partial charge on any atom is 0.291 e. The number of carbonyl (C=O) groups excluding carboxylic acids is 1. The molecule has 0 radical (unpaired) electrons. The summed E-state index contributed by atoms with van der Waals surface area (Å²) in [5, 5.41) is 11.9. The number of carbonyl (C=O) groups is 1. The molecule has 1 heterocycles. The van der Waals surface area contributed by atoms with Gasteiger partial charge in [-0.3, -0.25) is 9.89 Å². The Morgan fingerprint density at radius 3 is 2.77 bits per heavy atom. The summed E-state index contributed by atoms with van der Waals surface area (Å²) in [4.78, 5) is 12.0. The Morgan fingerprint density at radius 2 is 2.09 bits per heavy atom. The van der Waals surface area contributed by atoms with Crippen molar-refractivity contribution in [1.82, 2.24) is 15.6 Å². The quantitative estimate of drug-likeness (QED) is 0.659. The highest BCUT2D eigenvalue weighted by Crippen LogP contribution is 2.38. The molecule has 1 aliphatic carbocycles. The molecule has 114 valence electrons.